The van der Waals surface area contributed by atoms with Gasteiger partial charge in [0.25, 0.3) is 0 Å². The highest BCUT2D eigenvalue weighted by Gasteiger charge is 2.30. The van der Waals surface area contributed by atoms with Gasteiger partial charge >= 0.3 is 0 Å². The quantitative estimate of drug-likeness (QED) is 0.744. The van der Waals surface area contributed by atoms with E-state index in [-0.39, 0.29) is 23.0 Å². The van der Waals surface area contributed by atoms with E-state index in [0.29, 0.717) is 11.3 Å². The minimum Gasteiger partial charge on any atom is -0.508 e. The van der Waals surface area contributed by atoms with Gasteiger partial charge in [-0.1, -0.05) is 18.2 Å². The summed E-state index contributed by atoms with van der Waals surface area (Å²) in [7, 11) is 0. The van der Waals surface area contributed by atoms with Gasteiger partial charge in [0.2, 0.25) is 5.88 Å². The largest absolute Gasteiger partial charge is 0.508 e. The second-order valence-electron chi connectivity index (χ2n) is 4.74. The topological polar surface area (TPSA) is 99.5 Å². The predicted molar refractivity (Wildman–Crippen MR) is 75.5 cm³/mol. The van der Waals surface area contributed by atoms with Crippen LogP contribution in [0.15, 0.2) is 53.9 Å². The maximum atomic E-state index is 9.66. The Hall–Kier alpha value is -3.13. The van der Waals surface area contributed by atoms with Crippen LogP contribution in [0.25, 0.3) is 0 Å². The molecule has 1 atom stereocenters. The lowest BCUT2D eigenvalue weighted by Gasteiger charge is -2.26. The van der Waals surface area contributed by atoms with Gasteiger partial charge in [-0.3, -0.25) is 0 Å². The number of hydrogen-bond acceptors (Lipinski definition) is 5. The Bertz CT molecular complexity index is 790. The average Bonchev–Trinajstić information content (AvgIpc) is 2.45. The number of benzene rings is 2. The van der Waals surface area contributed by atoms with Crippen molar-refractivity contribution >= 4 is 0 Å². The number of nitriles is 1. The molecule has 5 heteroatoms. The van der Waals surface area contributed by atoms with Crippen molar-refractivity contribution in [2.45, 2.75) is 5.92 Å². The first-order valence-electron chi connectivity index (χ1n) is 6.29. The maximum Gasteiger partial charge on any atom is 0.205 e. The summed E-state index contributed by atoms with van der Waals surface area (Å²) in [4.78, 5) is 0. The zero-order valence-corrected chi connectivity index (χ0v) is 10.9. The molecule has 0 amide bonds. The van der Waals surface area contributed by atoms with Gasteiger partial charge in [-0.25, -0.2) is 0 Å². The molecular formula is C16H12N2O3. The normalized spacial score (nSPS) is 16.8. The van der Waals surface area contributed by atoms with Gasteiger partial charge in [0, 0.05) is 11.6 Å². The second kappa shape index (κ2) is 4.76. The predicted octanol–water partition coefficient (Wildman–Crippen LogP) is 2.32. The van der Waals surface area contributed by atoms with Crippen LogP contribution in [0.4, 0.5) is 0 Å². The number of hydrogen-bond donors (Lipinski definition) is 3. The van der Waals surface area contributed by atoms with Crippen molar-refractivity contribution in [2.24, 2.45) is 5.73 Å². The third-order valence-electron chi connectivity index (χ3n) is 3.41. The molecule has 21 heavy (non-hydrogen) atoms. The second-order valence-corrected chi connectivity index (χ2v) is 4.74. The molecule has 1 aliphatic rings. The van der Waals surface area contributed by atoms with Crippen molar-refractivity contribution in [3.63, 3.8) is 0 Å². The van der Waals surface area contributed by atoms with E-state index >= 15 is 0 Å². The van der Waals surface area contributed by atoms with Crippen LogP contribution in [0, 0.1) is 11.3 Å². The molecule has 0 fully saturated rings. The van der Waals surface area contributed by atoms with Crippen LogP contribution < -0.4 is 10.5 Å². The van der Waals surface area contributed by atoms with Crippen LogP contribution in [-0.2, 0) is 0 Å². The van der Waals surface area contributed by atoms with Gasteiger partial charge in [-0.05, 0) is 23.8 Å². The van der Waals surface area contributed by atoms with Crippen LogP contribution in [0.1, 0.15) is 17.0 Å². The van der Waals surface area contributed by atoms with Gasteiger partial charge in [0.1, 0.15) is 28.9 Å². The summed E-state index contributed by atoms with van der Waals surface area (Å²) in [5.74, 6) is 0.127. The Labute approximate surface area is 121 Å². The lowest BCUT2D eigenvalue weighted by atomic mass is 9.83. The first-order chi connectivity index (χ1) is 10.1. The van der Waals surface area contributed by atoms with E-state index in [1.54, 1.807) is 30.3 Å². The summed E-state index contributed by atoms with van der Waals surface area (Å²) >= 11 is 0. The molecule has 0 radical (unpaired) electrons. The average molecular weight is 280 g/mol. The summed E-state index contributed by atoms with van der Waals surface area (Å²) in [6.07, 6.45) is 0. The highest BCUT2D eigenvalue weighted by Crippen LogP contribution is 2.43. The van der Waals surface area contributed by atoms with Crippen LogP contribution in [0.5, 0.6) is 17.2 Å². The van der Waals surface area contributed by atoms with Gasteiger partial charge in [-0.2, -0.15) is 5.26 Å². The highest BCUT2D eigenvalue weighted by molar-refractivity contribution is 5.57. The molecule has 0 saturated carbocycles. The van der Waals surface area contributed by atoms with Crippen LogP contribution >= 0.6 is 0 Å². The first kappa shape index (κ1) is 12.9. The standard InChI is InChI=1S/C16H12N2O3/c17-8-13-15(9-2-1-3-10(19)6-9)12-5-4-11(20)7-14(12)21-16(13)18/h1-7,15,19-20H,18H2. The molecule has 4 N–H and O–H groups in total. The van der Waals surface area contributed by atoms with E-state index in [0.717, 1.165) is 5.56 Å². The molecule has 1 unspecified atom stereocenters. The molecule has 0 aromatic heterocycles. The molecule has 1 heterocycles. The number of rotatable bonds is 1. The molecule has 5 nitrogen and oxygen atoms in total. The molecule has 104 valence electrons. The Morgan fingerprint density at radius 1 is 1.10 bits per heavy atom. The molecule has 0 saturated heterocycles. The number of fused-ring (bicyclic) bond motifs is 1. The Morgan fingerprint density at radius 2 is 1.86 bits per heavy atom. The molecule has 0 bridgehead atoms. The highest BCUT2D eigenvalue weighted by atomic mass is 16.5. The van der Waals surface area contributed by atoms with Crippen LogP contribution in [0.2, 0.25) is 0 Å². The van der Waals surface area contributed by atoms with Crippen LogP contribution in [0.3, 0.4) is 0 Å². The van der Waals surface area contributed by atoms with Crippen molar-refractivity contribution in [3.8, 4) is 23.3 Å². The summed E-state index contributed by atoms with van der Waals surface area (Å²) in [5.41, 5.74) is 7.53. The Morgan fingerprint density at radius 3 is 2.57 bits per heavy atom. The van der Waals surface area contributed by atoms with E-state index in [1.807, 2.05) is 0 Å². The monoisotopic (exact) mass is 280 g/mol. The van der Waals surface area contributed by atoms with Crippen molar-refractivity contribution in [2.75, 3.05) is 0 Å². The van der Waals surface area contributed by atoms with E-state index in [2.05, 4.69) is 6.07 Å². The van der Waals surface area contributed by atoms with E-state index in [1.165, 1.54) is 12.1 Å². The third-order valence-corrected chi connectivity index (χ3v) is 3.41. The fourth-order valence-electron chi connectivity index (χ4n) is 2.49. The summed E-state index contributed by atoms with van der Waals surface area (Å²) < 4.78 is 5.41. The minimum absolute atomic E-state index is 0.00365. The molecular weight excluding hydrogens is 268 g/mol. The van der Waals surface area contributed by atoms with Crippen molar-refractivity contribution in [1.82, 2.24) is 0 Å². The number of phenolic OH excluding ortho intramolecular Hbond substituents is 2. The summed E-state index contributed by atoms with van der Waals surface area (Å²) in [6.45, 7) is 0. The molecule has 2 aromatic rings. The van der Waals surface area contributed by atoms with E-state index in [4.69, 9.17) is 10.5 Å². The lowest BCUT2D eigenvalue weighted by Crippen LogP contribution is -2.20. The number of ether oxygens (including phenoxy) is 1. The smallest absolute Gasteiger partial charge is 0.205 e. The SMILES string of the molecule is N#CC1=C(N)Oc2cc(O)ccc2C1c1cccc(O)c1. The Balaban J connectivity index is 2.24. The van der Waals surface area contributed by atoms with Crippen LogP contribution in [-0.4, -0.2) is 10.2 Å². The maximum absolute atomic E-state index is 9.66. The number of allylic oxidation sites excluding steroid dienone is 1. The minimum atomic E-state index is -0.438. The number of nitrogens with two attached hydrogens (primary N) is 1. The van der Waals surface area contributed by atoms with Gasteiger partial charge in [0.15, 0.2) is 0 Å². The first-order valence-corrected chi connectivity index (χ1v) is 6.29. The van der Waals surface area contributed by atoms with Gasteiger partial charge < -0.3 is 20.7 Å². The fraction of sp³-hybridized carbons (Fsp3) is 0.0625. The molecule has 0 spiro atoms. The number of nitrogens with zero attached hydrogens (tertiary/aromatic N) is 1. The summed E-state index contributed by atoms with van der Waals surface area (Å²) in [6, 6.07) is 13.4. The van der Waals surface area contributed by atoms with Crippen molar-refractivity contribution in [3.05, 3.63) is 65.0 Å². The number of phenols is 2. The van der Waals surface area contributed by atoms with Gasteiger partial charge in [-0.15, -0.1) is 0 Å². The Kier molecular flexibility index (Phi) is 2.92. The number of aromatic hydroxyl groups is 2. The zero-order chi connectivity index (χ0) is 15.0. The van der Waals surface area contributed by atoms with Crippen molar-refractivity contribution < 1.29 is 14.9 Å². The van der Waals surface area contributed by atoms with Crippen molar-refractivity contribution in [1.29, 1.82) is 5.26 Å². The third kappa shape index (κ3) is 2.13. The van der Waals surface area contributed by atoms with E-state index < -0.39 is 5.92 Å². The molecule has 3 rings (SSSR count). The summed E-state index contributed by atoms with van der Waals surface area (Å²) in [5, 5.41) is 28.6. The molecule has 2 aromatic carbocycles. The molecule has 0 aliphatic carbocycles. The van der Waals surface area contributed by atoms with Gasteiger partial charge in [0.05, 0.1) is 5.92 Å². The lowest BCUT2D eigenvalue weighted by molar-refractivity contribution is 0.388. The molecule has 1 aliphatic heterocycles. The zero-order valence-electron chi connectivity index (χ0n) is 10.9. The van der Waals surface area contributed by atoms with E-state index in [9.17, 15) is 15.5 Å². The fourth-order valence-corrected chi connectivity index (χ4v) is 2.49.